The summed E-state index contributed by atoms with van der Waals surface area (Å²) in [6, 6.07) is 12.9. The summed E-state index contributed by atoms with van der Waals surface area (Å²) in [6.45, 7) is 2.58. The molecule has 3 rings (SSSR count). The van der Waals surface area contributed by atoms with Gasteiger partial charge in [-0.3, -0.25) is 10.1 Å². The molecule has 3 aromatic rings. The fourth-order valence-electron chi connectivity index (χ4n) is 2.09. The summed E-state index contributed by atoms with van der Waals surface area (Å²) in [5, 5.41) is 21.4. The van der Waals surface area contributed by atoms with Gasteiger partial charge in [-0.25, -0.2) is 0 Å². The van der Waals surface area contributed by atoms with Gasteiger partial charge in [-0.2, -0.15) is 0 Å². The van der Waals surface area contributed by atoms with Gasteiger partial charge in [0.05, 0.1) is 12.6 Å². The molecule has 0 aliphatic carbocycles. The number of rotatable bonds is 6. The third kappa shape index (κ3) is 3.72. The Bertz CT molecular complexity index is 871. The molecule has 0 aliphatic rings. The van der Waals surface area contributed by atoms with Gasteiger partial charge in [-0.1, -0.05) is 42.1 Å². The number of thioether (sulfide) groups is 1. The van der Waals surface area contributed by atoms with E-state index in [9.17, 15) is 10.1 Å². The van der Waals surface area contributed by atoms with E-state index in [0.29, 0.717) is 12.3 Å². The Hall–Kier alpha value is -2.87. The fourth-order valence-corrected chi connectivity index (χ4v) is 2.82. The SMILES string of the molecule is Cc1nnc(S/C=C/c2ccc([N+](=O)[O-])o2)n1Cc1ccccc1. The second-order valence-corrected chi connectivity index (χ2v) is 5.83. The van der Waals surface area contributed by atoms with Crippen molar-refractivity contribution >= 4 is 23.7 Å². The van der Waals surface area contributed by atoms with Crippen LogP contribution in [0.25, 0.3) is 6.08 Å². The van der Waals surface area contributed by atoms with Gasteiger partial charge in [0.25, 0.3) is 0 Å². The minimum atomic E-state index is -0.565. The first-order chi connectivity index (χ1) is 11.6. The van der Waals surface area contributed by atoms with E-state index in [4.69, 9.17) is 4.42 Å². The van der Waals surface area contributed by atoms with Crippen LogP contribution in [-0.4, -0.2) is 19.7 Å². The van der Waals surface area contributed by atoms with Crippen molar-refractivity contribution in [2.75, 3.05) is 0 Å². The number of nitrogens with zero attached hydrogens (tertiary/aromatic N) is 4. The monoisotopic (exact) mass is 342 g/mol. The van der Waals surface area contributed by atoms with Crippen molar-refractivity contribution in [3.05, 3.63) is 75.1 Å². The minimum Gasteiger partial charge on any atom is -0.401 e. The first kappa shape index (κ1) is 16.0. The maximum absolute atomic E-state index is 10.6. The first-order valence-corrected chi connectivity index (χ1v) is 8.02. The molecular formula is C16H14N4O3S. The number of benzene rings is 1. The molecule has 0 radical (unpaired) electrons. The van der Waals surface area contributed by atoms with Gasteiger partial charge in [-0.05, 0) is 30.0 Å². The molecule has 24 heavy (non-hydrogen) atoms. The molecule has 0 saturated carbocycles. The van der Waals surface area contributed by atoms with Crippen molar-refractivity contribution in [2.24, 2.45) is 0 Å². The quantitative estimate of drug-likeness (QED) is 0.383. The van der Waals surface area contributed by atoms with Crippen LogP contribution in [0.15, 0.2) is 57.4 Å². The highest BCUT2D eigenvalue weighted by Gasteiger charge is 2.11. The van der Waals surface area contributed by atoms with Crippen molar-refractivity contribution < 1.29 is 9.34 Å². The maximum atomic E-state index is 10.6. The van der Waals surface area contributed by atoms with Crippen LogP contribution in [0.2, 0.25) is 0 Å². The van der Waals surface area contributed by atoms with Crippen LogP contribution in [0.4, 0.5) is 5.88 Å². The van der Waals surface area contributed by atoms with Crippen molar-refractivity contribution in [2.45, 2.75) is 18.6 Å². The lowest BCUT2D eigenvalue weighted by molar-refractivity contribution is -0.402. The fraction of sp³-hybridized carbons (Fsp3) is 0.125. The molecule has 0 amide bonds. The van der Waals surface area contributed by atoms with Gasteiger partial charge in [0.2, 0.25) is 0 Å². The Morgan fingerprint density at radius 1 is 1.25 bits per heavy atom. The van der Waals surface area contributed by atoms with Crippen molar-refractivity contribution in [1.29, 1.82) is 0 Å². The van der Waals surface area contributed by atoms with E-state index in [0.717, 1.165) is 16.5 Å². The Kier molecular flexibility index (Phi) is 4.76. The molecule has 0 saturated heterocycles. The zero-order valence-electron chi connectivity index (χ0n) is 12.8. The highest BCUT2D eigenvalue weighted by atomic mass is 32.2. The van der Waals surface area contributed by atoms with Crippen LogP contribution in [-0.2, 0) is 6.54 Å². The number of nitro groups is 1. The number of hydrogen-bond donors (Lipinski definition) is 0. The smallest absolute Gasteiger partial charge is 0.401 e. The predicted octanol–water partition coefficient (Wildman–Crippen LogP) is 3.90. The Morgan fingerprint density at radius 3 is 2.75 bits per heavy atom. The van der Waals surface area contributed by atoms with Gasteiger partial charge in [-0.15, -0.1) is 10.2 Å². The molecule has 0 N–H and O–H groups in total. The average molecular weight is 342 g/mol. The normalized spacial score (nSPS) is 11.2. The van der Waals surface area contributed by atoms with Crippen LogP contribution in [0, 0.1) is 17.0 Å². The Morgan fingerprint density at radius 2 is 2.04 bits per heavy atom. The van der Waals surface area contributed by atoms with Gasteiger partial charge >= 0.3 is 5.88 Å². The molecule has 122 valence electrons. The molecule has 0 aliphatic heterocycles. The van der Waals surface area contributed by atoms with Gasteiger partial charge in [0.15, 0.2) is 5.16 Å². The van der Waals surface area contributed by atoms with Crippen molar-refractivity contribution in [3.63, 3.8) is 0 Å². The lowest BCUT2D eigenvalue weighted by Crippen LogP contribution is -2.03. The topological polar surface area (TPSA) is 87.0 Å². The van der Waals surface area contributed by atoms with E-state index in [1.807, 2.05) is 41.8 Å². The number of aromatic nitrogens is 3. The van der Waals surface area contributed by atoms with Crippen LogP contribution in [0.5, 0.6) is 0 Å². The molecule has 0 unspecified atom stereocenters. The third-order valence-electron chi connectivity index (χ3n) is 3.28. The highest BCUT2D eigenvalue weighted by molar-refractivity contribution is 8.02. The third-order valence-corrected chi connectivity index (χ3v) is 4.07. The lowest BCUT2D eigenvalue weighted by atomic mass is 10.2. The average Bonchev–Trinajstić information content (AvgIpc) is 3.18. The molecular weight excluding hydrogens is 328 g/mol. The Balaban J connectivity index is 1.71. The van der Waals surface area contributed by atoms with Crippen LogP contribution >= 0.6 is 11.8 Å². The molecule has 0 atom stereocenters. The largest absolute Gasteiger partial charge is 0.433 e. The molecule has 2 aromatic heterocycles. The number of aryl methyl sites for hydroxylation is 1. The molecule has 0 fully saturated rings. The summed E-state index contributed by atoms with van der Waals surface area (Å²) in [6.07, 6.45) is 1.66. The van der Waals surface area contributed by atoms with Gasteiger partial charge in [0, 0.05) is 0 Å². The van der Waals surface area contributed by atoms with Crippen molar-refractivity contribution in [3.8, 4) is 0 Å². The van der Waals surface area contributed by atoms with E-state index in [1.165, 1.54) is 17.8 Å². The minimum absolute atomic E-state index is 0.275. The molecule has 0 spiro atoms. The number of furan rings is 1. The van der Waals surface area contributed by atoms with E-state index in [-0.39, 0.29) is 5.88 Å². The summed E-state index contributed by atoms with van der Waals surface area (Å²) in [4.78, 5) is 10.0. The molecule has 0 bridgehead atoms. The summed E-state index contributed by atoms with van der Waals surface area (Å²) in [5.74, 6) is 0.964. The van der Waals surface area contributed by atoms with Gasteiger partial charge in [0.1, 0.15) is 16.5 Å². The summed E-state index contributed by atoms with van der Waals surface area (Å²) in [7, 11) is 0. The number of hydrogen-bond acceptors (Lipinski definition) is 6. The predicted molar refractivity (Wildman–Crippen MR) is 90.6 cm³/mol. The highest BCUT2D eigenvalue weighted by Crippen LogP contribution is 2.22. The maximum Gasteiger partial charge on any atom is 0.433 e. The van der Waals surface area contributed by atoms with Gasteiger partial charge < -0.3 is 8.98 Å². The lowest BCUT2D eigenvalue weighted by Gasteiger charge is -2.06. The van der Waals surface area contributed by atoms with E-state index in [2.05, 4.69) is 10.2 Å². The zero-order valence-corrected chi connectivity index (χ0v) is 13.6. The van der Waals surface area contributed by atoms with Crippen LogP contribution in [0.3, 0.4) is 0 Å². The van der Waals surface area contributed by atoms with E-state index >= 15 is 0 Å². The Labute approximate surface area is 142 Å². The van der Waals surface area contributed by atoms with E-state index in [1.54, 1.807) is 17.6 Å². The second-order valence-electron chi connectivity index (χ2n) is 4.96. The van der Waals surface area contributed by atoms with E-state index < -0.39 is 4.92 Å². The van der Waals surface area contributed by atoms with Crippen molar-refractivity contribution in [1.82, 2.24) is 14.8 Å². The zero-order chi connectivity index (χ0) is 16.9. The molecule has 7 nitrogen and oxygen atoms in total. The van der Waals surface area contributed by atoms with Crippen LogP contribution in [0.1, 0.15) is 17.1 Å². The molecule has 8 heteroatoms. The van der Waals surface area contributed by atoms with Crippen LogP contribution < -0.4 is 0 Å². The summed E-state index contributed by atoms with van der Waals surface area (Å²) in [5.41, 5.74) is 1.16. The molecule has 2 heterocycles. The standard InChI is InChI=1S/C16H14N4O3S/c1-12-17-18-16(19(12)11-13-5-3-2-4-6-13)24-10-9-14-7-8-15(23-14)20(21)22/h2-10H,11H2,1H3/b10-9+. The molecule has 1 aromatic carbocycles. The summed E-state index contributed by atoms with van der Waals surface area (Å²) >= 11 is 1.38. The first-order valence-electron chi connectivity index (χ1n) is 7.14. The summed E-state index contributed by atoms with van der Waals surface area (Å²) < 4.78 is 7.08. The second kappa shape index (κ2) is 7.14.